The van der Waals surface area contributed by atoms with Gasteiger partial charge in [0.25, 0.3) is 5.91 Å². The van der Waals surface area contributed by atoms with E-state index in [4.69, 9.17) is 4.74 Å². The van der Waals surface area contributed by atoms with Crippen molar-refractivity contribution in [3.8, 4) is 5.75 Å². The molecule has 11 heteroatoms. The Morgan fingerprint density at radius 3 is 2.42 bits per heavy atom. The fraction of sp³-hybridized carbons (Fsp3) is 0.350. The number of anilines is 1. The van der Waals surface area contributed by atoms with Crippen molar-refractivity contribution in [1.29, 1.82) is 0 Å². The molecule has 0 saturated carbocycles. The molecule has 0 fully saturated rings. The minimum Gasteiger partial charge on any atom is -0.474 e. The second-order valence-electron chi connectivity index (χ2n) is 6.69. The van der Waals surface area contributed by atoms with Gasteiger partial charge in [0.15, 0.2) is 11.9 Å². The topological polar surface area (TPSA) is 119 Å². The Hall–Kier alpha value is -3.05. The summed E-state index contributed by atoms with van der Waals surface area (Å²) in [6.45, 7) is 6.68. The van der Waals surface area contributed by atoms with Crippen molar-refractivity contribution in [3.05, 3.63) is 57.9 Å². The molecule has 0 saturated heterocycles. The molecule has 168 valence electrons. The van der Waals surface area contributed by atoms with Crippen molar-refractivity contribution in [2.24, 2.45) is 0 Å². The molecule has 2 aromatic carbocycles. The molecule has 9 nitrogen and oxygen atoms in total. The van der Waals surface area contributed by atoms with Gasteiger partial charge in [0, 0.05) is 24.8 Å². The highest BCUT2D eigenvalue weighted by atomic mass is 32.2. The van der Waals surface area contributed by atoms with Gasteiger partial charge in [-0.25, -0.2) is 12.8 Å². The van der Waals surface area contributed by atoms with Gasteiger partial charge in [-0.15, -0.1) is 0 Å². The van der Waals surface area contributed by atoms with Gasteiger partial charge in [-0.1, -0.05) is 19.9 Å². The first-order chi connectivity index (χ1) is 14.5. The summed E-state index contributed by atoms with van der Waals surface area (Å²) >= 11 is 0. The van der Waals surface area contributed by atoms with Crippen molar-refractivity contribution in [1.82, 2.24) is 4.31 Å². The Balaban J connectivity index is 2.26. The lowest BCUT2D eigenvalue weighted by atomic mass is 10.2. The number of nitrogens with zero attached hydrogens (tertiary/aromatic N) is 2. The summed E-state index contributed by atoms with van der Waals surface area (Å²) in [5.74, 6) is -1.41. The number of nitro benzene ring substituents is 1. The van der Waals surface area contributed by atoms with Gasteiger partial charge in [0.1, 0.15) is 5.82 Å². The highest BCUT2D eigenvalue weighted by molar-refractivity contribution is 7.89. The Morgan fingerprint density at radius 1 is 1.23 bits per heavy atom. The minimum absolute atomic E-state index is 0.207. The summed E-state index contributed by atoms with van der Waals surface area (Å²) in [4.78, 5) is 22.8. The predicted octanol–water partition coefficient (Wildman–Crippen LogP) is 3.48. The Labute approximate surface area is 180 Å². The Kier molecular flexibility index (Phi) is 7.69. The first-order valence-corrected chi connectivity index (χ1v) is 11.0. The smallest absolute Gasteiger partial charge is 0.312 e. The molecule has 1 atom stereocenters. The summed E-state index contributed by atoms with van der Waals surface area (Å²) < 4.78 is 45.5. The van der Waals surface area contributed by atoms with Gasteiger partial charge >= 0.3 is 5.69 Å². The number of ether oxygens (including phenoxy) is 1. The molecular weight excluding hydrogens is 429 g/mol. The number of nitro groups is 1. The molecule has 1 amide bonds. The molecule has 0 spiro atoms. The van der Waals surface area contributed by atoms with E-state index in [0.29, 0.717) is 5.56 Å². The van der Waals surface area contributed by atoms with E-state index < -0.39 is 38.5 Å². The fourth-order valence-electron chi connectivity index (χ4n) is 2.77. The molecule has 1 unspecified atom stereocenters. The standard InChI is InChI=1S/C20H24FN3O6S/c1-5-23(6-2)31(28,29)16-9-10-19(18(12-16)24(26)27)30-14(4)20(25)22-15-8-7-13(3)17(21)11-15/h7-12,14H,5-6H2,1-4H3,(H,22,25). The molecule has 0 radical (unpaired) electrons. The fourth-order valence-corrected chi connectivity index (χ4v) is 4.25. The van der Waals surface area contributed by atoms with Crippen LogP contribution in [0.2, 0.25) is 0 Å². The summed E-state index contributed by atoms with van der Waals surface area (Å²) in [6, 6.07) is 7.40. The number of benzene rings is 2. The molecule has 0 bridgehead atoms. The summed E-state index contributed by atoms with van der Waals surface area (Å²) in [6.07, 6.45) is -1.17. The van der Waals surface area contributed by atoms with Crippen LogP contribution in [0.5, 0.6) is 5.75 Å². The van der Waals surface area contributed by atoms with Gasteiger partial charge in [-0.2, -0.15) is 4.31 Å². The van der Waals surface area contributed by atoms with E-state index in [-0.39, 0.29) is 29.4 Å². The zero-order valence-corrected chi connectivity index (χ0v) is 18.4. The van der Waals surface area contributed by atoms with Crippen LogP contribution in [0.1, 0.15) is 26.3 Å². The highest BCUT2D eigenvalue weighted by Gasteiger charge is 2.28. The number of rotatable bonds is 9. The third kappa shape index (κ3) is 5.56. The normalized spacial score (nSPS) is 12.5. The number of hydrogen-bond donors (Lipinski definition) is 1. The van der Waals surface area contributed by atoms with Crippen molar-refractivity contribution < 1.29 is 27.3 Å². The largest absolute Gasteiger partial charge is 0.474 e. The molecule has 0 aliphatic carbocycles. The zero-order valence-electron chi connectivity index (χ0n) is 17.6. The number of halogens is 1. The number of sulfonamides is 1. The number of carbonyl (C=O) groups excluding carboxylic acids is 1. The summed E-state index contributed by atoms with van der Waals surface area (Å²) in [7, 11) is -3.91. The number of carbonyl (C=O) groups is 1. The molecule has 0 aliphatic rings. The average molecular weight is 453 g/mol. The molecule has 0 heterocycles. The molecule has 31 heavy (non-hydrogen) atoms. The van der Waals surface area contributed by atoms with E-state index >= 15 is 0 Å². The monoisotopic (exact) mass is 453 g/mol. The molecule has 1 N–H and O–H groups in total. The van der Waals surface area contributed by atoms with Crippen LogP contribution >= 0.6 is 0 Å². The van der Waals surface area contributed by atoms with E-state index in [9.17, 15) is 27.7 Å². The van der Waals surface area contributed by atoms with E-state index in [2.05, 4.69) is 5.32 Å². The number of amides is 1. The van der Waals surface area contributed by atoms with Crippen LogP contribution < -0.4 is 10.1 Å². The van der Waals surface area contributed by atoms with Crippen LogP contribution in [0.4, 0.5) is 15.8 Å². The maximum Gasteiger partial charge on any atom is 0.312 e. The van der Waals surface area contributed by atoms with E-state index in [1.807, 2.05) is 0 Å². The van der Waals surface area contributed by atoms with Crippen LogP contribution in [-0.2, 0) is 14.8 Å². The Morgan fingerprint density at radius 2 is 1.87 bits per heavy atom. The third-order valence-corrected chi connectivity index (χ3v) is 6.63. The van der Waals surface area contributed by atoms with Gasteiger partial charge in [-0.05, 0) is 43.7 Å². The maximum atomic E-state index is 13.7. The van der Waals surface area contributed by atoms with Gasteiger partial charge in [0.2, 0.25) is 10.0 Å². The first-order valence-electron chi connectivity index (χ1n) is 9.53. The molecular formula is C20H24FN3O6S. The van der Waals surface area contributed by atoms with Gasteiger partial charge < -0.3 is 10.1 Å². The average Bonchev–Trinajstić information content (AvgIpc) is 2.71. The minimum atomic E-state index is -3.91. The molecule has 0 aromatic heterocycles. The van der Waals surface area contributed by atoms with Crippen molar-refractivity contribution in [2.45, 2.75) is 38.7 Å². The first kappa shape index (κ1) is 24.2. The second kappa shape index (κ2) is 9.84. The van der Waals surface area contributed by atoms with E-state index in [1.54, 1.807) is 20.8 Å². The van der Waals surface area contributed by atoms with E-state index in [0.717, 1.165) is 18.2 Å². The number of nitrogens with one attached hydrogen (secondary N) is 1. The van der Waals surface area contributed by atoms with Crippen molar-refractivity contribution >= 4 is 27.3 Å². The van der Waals surface area contributed by atoms with Gasteiger partial charge in [0.05, 0.1) is 9.82 Å². The lowest BCUT2D eigenvalue weighted by molar-refractivity contribution is -0.386. The highest BCUT2D eigenvalue weighted by Crippen LogP contribution is 2.31. The molecule has 2 aromatic rings. The second-order valence-corrected chi connectivity index (χ2v) is 8.63. The van der Waals surface area contributed by atoms with Crippen LogP contribution in [-0.4, -0.2) is 42.7 Å². The van der Waals surface area contributed by atoms with Crippen LogP contribution in [0.3, 0.4) is 0 Å². The number of hydrogen-bond acceptors (Lipinski definition) is 6. The van der Waals surface area contributed by atoms with Crippen LogP contribution in [0.25, 0.3) is 0 Å². The van der Waals surface area contributed by atoms with E-state index in [1.165, 1.54) is 29.4 Å². The quantitative estimate of drug-likeness (QED) is 0.459. The lowest BCUT2D eigenvalue weighted by Crippen LogP contribution is -2.31. The maximum absolute atomic E-state index is 13.7. The van der Waals surface area contributed by atoms with Crippen LogP contribution in [0.15, 0.2) is 41.3 Å². The molecule has 0 aliphatic heterocycles. The zero-order chi connectivity index (χ0) is 23.3. The predicted molar refractivity (Wildman–Crippen MR) is 113 cm³/mol. The number of aryl methyl sites for hydroxylation is 1. The summed E-state index contributed by atoms with van der Waals surface area (Å²) in [5, 5.41) is 14.0. The Bertz CT molecular complexity index is 1090. The van der Waals surface area contributed by atoms with Crippen molar-refractivity contribution in [3.63, 3.8) is 0 Å². The van der Waals surface area contributed by atoms with Crippen molar-refractivity contribution in [2.75, 3.05) is 18.4 Å². The third-order valence-electron chi connectivity index (χ3n) is 4.58. The molecule has 2 rings (SSSR count). The van der Waals surface area contributed by atoms with Gasteiger partial charge in [-0.3, -0.25) is 14.9 Å². The lowest BCUT2D eigenvalue weighted by Gasteiger charge is -2.19. The summed E-state index contributed by atoms with van der Waals surface area (Å²) in [5.41, 5.74) is 0.0330. The van der Waals surface area contributed by atoms with Crippen LogP contribution in [0, 0.1) is 22.9 Å². The SMILES string of the molecule is CCN(CC)S(=O)(=O)c1ccc(OC(C)C(=O)Nc2ccc(C)c(F)c2)c([N+](=O)[O-])c1.